The van der Waals surface area contributed by atoms with Gasteiger partial charge in [-0.1, -0.05) is 15.9 Å². The van der Waals surface area contributed by atoms with Crippen molar-refractivity contribution in [3.63, 3.8) is 0 Å². The highest BCUT2D eigenvalue weighted by Crippen LogP contribution is 2.38. The fourth-order valence-electron chi connectivity index (χ4n) is 1.23. The molecule has 0 N–H and O–H groups in total. The number of hydrogen-bond acceptors (Lipinski definition) is 3. The molecule has 0 atom stereocenters. The number of nitrogens with zero attached hydrogens (tertiary/aromatic N) is 1. The van der Waals surface area contributed by atoms with Gasteiger partial charge in [-0.05, 0) is 11.6 Å². The number of carbonyl (C=O) groups excluding carboxylic acids is 1. The lowest BCUT2D eigenvalue weighted by Gasteiger charge is -2.17. The smallest absolute Gasteiger partial charge is 0.405 e. The molecule has 0 bridgehead atoms. The third-order valence-electron chi connectivity index (χ3n) is 1.91. The Morgan fingerprint density at radius 3 is 2.20 bits per heavy atom. The number of alkyl halides is 7. The van der Waals surface area contributed by atoms with Crippen LogP contribution in [0.25, 0.3) is 0 Å². The zero-order valence-electron chi connectivity index (χ0n) is 9.07. The van der Waals surface area contributed by atoms with Gasteiger partial charge >= 0.3 is 12.5 Å². The first-order chi connectivity index (χ1) is 8.95. The number of carbonyl (C=O) groups is 1. The van der Waals surface area contributed by atoms with Crippen LogP contribution in [0.1, 0.15) is 21.7 Å². The monoisotopic (exact) mass is 385 g/mol. The van der Waals surface area contributed by atoms with E-state index in [9.17, 15) is 31.1 Å². The van der Waals surface area contributed by atoms with Gasteiger partial charge in [-0.15, -0.1) is 13.2 Å². The summed E-state index contributed by atoms with van der Waals surface area (Å²) in [7, 11) is 0. The molecule has 0 saturated carbocycles. The maximum absolute atomic E-state index is 12.7. The van der Waals surface area contributed by atoms with Gasteiger partial charge in [0, 0.05) is 17.0 Å². The summed E-state index contributed by atoms with van der Waals surface area (Å²) in [5, 5.41) is -2.06. The number of rotatable bonds is 3. The van der Waals surface area contributed by atoms with Crippen LogP contribution in [0.5, 0.6) is 5.75 Å². The molecule has 112 valence electrons. The Morgan fingerprint density at radius 1 is 1.30 bits per heavy atom. The fourth-order valence-corrected chi connectivity index (χ4v) is 1.87. The van der Waals surface area contributed by atoms with Crippen molar-refractivity contribution in [3.05, 3.63) is 23.0 Å². The van der Waals surface area contributed by atoms with Gasteiger partial charge in [-0.3, -0.25) is 4.79 Å². The van der Waals surface area contributed by atoms with Crippen LogP contribution in [0, 0.1) is 0 Å². The third-order valence-corrected chi connectivity index (χ3v) is 2.67. The van der Waals surface area contributed by atoms with Gasteiger partial charge < -0.3 is 4.74 Å². The molecule has 0 spiro atoms. The van der Waals surface area contributed by atoms with Gasteiger partial charge in [0.05, 0.1) is 0 Å². The Bertz CT molecular complexity index is 530. The SMILES string of the molecule is O=C(Cl)c1cc(OC(F)(F)F)c(CBr)c(C(F)(F)F)n1. The number of ether oxygens (including phenoxy) is 1. The zero-order valence-corrected chi connectivity index (χ0v) is 11.4. The van der Waals surface area contributed by atoms with E-state index in [1.165, 1.54) is 0 Å². The first-order valence-corrected chi connectivity index (χ1v) is 6.08. The molecule has 0 aliphatic rings. The highest BCUT2D eigenvalue weighted by atomic mass is 79.9. The molecular formula is C9H3BrClF6NO2. The van der Waals surface area contributed by atoms with E-state index < -0.39 is 45.8 Å². The van der Waals surface area contributed by atoms with Gasteiger partial charge in [0.1, 0.15) is 11.4 Å². The van der Waals surface area contributed by atoms with Gasteiger partial charge in [0.2, 0.25) is 0 Å². The van der Waals surface area contributed by atoms with Crippen molar-refractivity contribution in [1.82, 2.24) is 4.98 Å². The van der Waals surface area contributed by atoms with Crippen molar-refractivity contribution in [2.45, 2.75) is 17.9 Å². The molecule has 1 aromatic rings. The number of hydrogen-bond donors (Lipinski definition) is 0. The lowest BCUT2D eigenvalue weighted by molar-refractivity contribution is -0.275. The van der Waals surface area contributed by atoms with Crippen LogP contribution in [-0.4, -0.2) is 16.6 Å². The van der Waals surface area contributed by atoms with Crippen LogP contribution in [-0.2, 0) is 11.5 Å². The Hall–Kier alpha value is -1.03. The topological polar surface area (TPSA) is 39.2 Å². The van der Waals surface area contributed by atoms with E-state index in [1.807, 2.05) is 0 Å². The Labute approximate surface area is 121 Å². The fraction of sp³-hybridized carbons (Fsp3) is 0.333. The minimum absolute atomic E-state index is 0.397. The molecule has 0 aromatic carbocycles. The van der Waals surface area contributed by atoms with E-state index in [1.54, 1.807) is 0 Å². The lowest BCUT2D eigenvalue weighted by Crippen LogP contribution is -2.21. The van der Waals surface area contributed by atoms with Crippen LogP contribution in [0.3, 0.4) is 0 Å². The van der Waals surface area contributed by atoms with Crippen LogP contribution < -0.4 is 4.74 Å². The molecule has 1 aromatic heterocycles. The largest absolute Gasteiger partial charge is 0.573 e. The molecule has 0 aliphatic carbocycles. The van der Waals surface area contributed by atoms with Crippen LogP contribution in [0.15, 0.2) is 6.07 Å². The van der Waals surface area contributed by atoms with Crippen molar-refractivity contribution in [2.75, 3.05) is 0 Å². The molecule has 11 heteroatoms. The van der Waals surface area contributed by atoms with Crippen molar-refractivity contribution in [1.29, 1.82) is 0 Å². The second-order valence-corrected chi connectivity index (χ2v) is 4.19. The normalized spacial score (nSPS) is 12.4. The maximum atomic E-state index is 12.7. The van der Waals surface area contributed by atoms with E-state index in [2.05, 4.69) is 25.7 Å². The quantitative estimate of drug-likeness (QED) is 0.442. The van der Waals surface area contributed by atoms with Gasteiger partial charge in [0.25, 0.3) is 5.24 Å². The highest BCUT2D eigenvalue weighted by Gasteiger charge is 2.40. The average molecular weight is 386 g/mol. The summed E-state index contributed by atoms with van der Waals surface area (Å²) in [6.07, 6.45) is -10.3. The summed E-state index contributed by atoms with van der Waals surface area (Å²) in [6.45, 7) is 0. The summed E-state index contributed by atoms with van der Waals surface area (Å²) in [5.74, 6) is -1.19. The van der Waals surface area contributed by atoms with Gasteiger partial charge in [-0.25, -0.2) is 4.98 Å². The van der Waals surface area contributed by atoms with E-state index in [-0.39, 0.29) is 0 Å². The molecule has 3 nitrogen and oxygen atoms in total. The summed E-state index contributed by atoms with van der Waals surface area (Å²) in [4.78, 5) is 13.8. The Balaban J connectivity index is 3.55. The highest BCUT2D eigenvalue weighted by molar-refractivity contribution is 9.08. The van der Waals surface area contributed by atoms with Crippen molar-refractivity contribution in [2.24, 2.45) is 0 Å². The van der Waals surface area contributed by atoms with E-state index in [4.69, 9.17) is 11.6 Å². The molecule has 0 unspecified atom stereocenters. The first-order valence-electron chi connectivity index (χ1n) is 4.58. The Morgan fingerprint density at radius 2 is 1.85 bits per heavy atom. The van der Waals surface area contributed by atoms with Crippen LogP contribution >= 0.6 is 27.5 Å². The van der Waals surface area contributed by atoms with E-state index in [0.717, 1.165) is 0 Å². The molecule has 0 saturated heterocycles. The summed E-state index contributed by atoms with van der Waals surface area (Å²) < 4.78 is 78.1. The summed E-state index contributed by atoms with van der Waals surface area (Å²) >= 11 is 7.56. The zero-order chi connectivity index (χ0) is 15.7. The van der Waals surface area contributed by atoms with E-state index in [0.29, 0.717) is 6.07 Å². The summed E-state index contributed by atoms with van der Waals surface area (Å²) in [5.41, 5.74) is -3.57. The van der Waals surface area contributed by atoms with E-state index >= 15 is 0 Å². The van der Waals surface area contributed by atoms with Crippen molar-refractivity contribution in [3.8, 4) is 5.75 Å². The predicted octanol–water partition coefficient (Wildman–Crippen LogP) is 4.27. The van der Waals surface area contributed by atoms with Crippen molar-refractivity contribution >= 4 is 32.8 Å². The average Bonchev–Trinajstić information content (AvgIpc) is 2.24. The molecule has 0 amide bonds. The number of pyridine rings is 1. The second kappa shape index (κ2) is 5.76. The molecule has 20 heavy (non-hydrogen) atoms. The lowest BCUT2D eigenvalue weighted by atomic mass is 10.1. The van der Waals surface area contributed by atoms with Gasteiger partial charge in [-0.2, -0.15) is 13.2 Å². The maximum Gasteiger partial charge on any atom is 0.573 e. The molecule has 0 radical (unpaired) electrons. The minimum Gasteiger partial charge on any atom is -0.405 e. The molecule has 0 aliphatic heterocycles. The predicted molar refractivity (Wildman–Crippen MR) is 58.7 cm³/mol. The molecular weight excluding hydrogens is 383 g/mol. The minimum atomic E-state index is -5.23. The standard InChI is InChI=1S/C9H3BrClF6NO2/c10-2-3-5(20-9(15,16)17)1-4(7(11)19)18-6(3)8(12,13)14/h1H,2H2. The Kier molecular flexibility index (Phi) is 4.90. The summed E-state index contributed by atoms with van der Waals surface area (Å²) in [6, 6.07) is 0.397. The number of aromatic nitrogens is 1. The van der Waals surface area contributed by atoms with Crippen LogP contribution in [0.2, 0.25) is 0 Å². The molecule has 0 fully saturated rings. The van der Waals surface area contributed by atoms with Gasteiger partial charge in [0.15, 0.2) is 5.69 Å². The third kappa shape index (κ3) is 4.23. The molecule has 1 rings (SSSR count). The van der Waals surface area contributed by atoms with Crippen LogP contribution in [0.4, 0.5) is 26.3 Å². The number of halogens is 8. The second-order valence-electron chi connectivity index (χ2n) is 3.29. The first kappa shape index (κ1) is 17.0. The van der Waals surface area contributed by atoms with Crippen molar-refractivity contribution < 1.29 is 35.9 Å². The molecule has 1 heterocycles.